The molecule has 7 nitrogen and oxygen atoms in total. The molecule has 0 aliphatic heterocycles. The summed E-state index contributed by atoms with van der Waals surface area (Å²) in [5.74, 6) is -1.83. The zero-order valence-corrected chi connectivity index (χ0v) is 9.44. The van der Waals surface area contributed by atoms with E-state index in [0.29, 0.717) is 5.92 Å². The molecule has 0 bridgehead atoms. The third kappa shape index (κ3) is 5.86. The number of amides is 2. The summed E-state index contributed by atoms with van der Waals surface area (Å²) in [5.41, 5.74) is 4.89. The lowest BCUT2D eigenvalue weighted by Crippen LogP contribution is -2.46. The quantitative estimate of drug-likeness (QED) is 0.410. The van der Waals surface area contributed by atoms with Gasteiger partial charge in [-0.2, -0.15) is 0 Å². The second-order valence-corrected chi connectivity index (χ2v) is 4.20. The van der Waals surface area contributed by atoms with Gasteiger partial charge in [0.2, 0.25) is 11.8 Å². The van der Waals surface area contributed by atoms with Crippen LogP contribution in [0.5, 0.6) is 0 Å². The number of aliphatic carboxylic acids is 1. The lowest BCUT2D eigenvalue weighted by molar-refractivity contribution is -0.143. The van der Waals surface area contributed by atoms with Crippen molar-refractivity contribution in [3.05, 3.63) is 0 Å². The minimum atomic E-state index is -1.26. The van der Waals surface area contributed by atoms with Crippen molar-refractivity contribution in [3.8, 4) is 0 Å². The van der Waals surface area contributed by atoms with E-state index in [1.54, 1.807) is 0 Å². The van der Waals surface area contributed by atoms with Crippen LogP contribution in [0, 0.1) is 5.92 Å². The maximum Gasteiger partial charge on any atom is 0.326 e. The van der Waals surface area contributed by atoms with Gasteiger partial charge in [-0.05, 0) is 25.3 Å². The first-order valence-electron chi connectivity index (χ1n) is 5.50. The summed E-state index contributed by atoms with van der Waals surface area (Å²) < 4.78 is 0. The topological polar surface area (TPSA) is 122 Å². The highest BCUT2D eigenvalue weighted by molar-refractivity contribution is 5.88. The van der Waals surface area contributed by atoms with Crippen molar-refractivity contribution in [2.75, 3.05) is 13.1 Å². The molecule has 5 N–H and O–H groups in total. The predicted molar refractivity (Wildman–Crippen MR) is 59.0 cm³/mol. The van der Waals surface area contributed by atoms with Crippen LogP contribution >= 0.6 is 0 Å². The minimum Gasteiger partial charge on any atom is -0.480 e. The summed E-state index contributed by atoms with van der Waals surface area (Å²) in [6.45, 7) is 0.819. The number of carbonyl (C=O) groups excluding carboxylic acids is 2. The molecule has 2 amide bonds. The van der Waals surface area contributed by atoms with Crippen LogP contribution in [-0.4, -0.2) is 42.0 Å². The number of hydrogen-bond acceptors (Lipinski definition) is 4. The maximum absolute atomic E-state index is 11.4. The van der Waals surface area contributed by atoms with E-state index in [2.05, 4.69) is 10.6 Å². The summed E-state index contributed by atoms with van der Waals surface area (Å²) in [4.78, 5) is 32.7. The molecule has 7 heteroatoms. The average molecular weight is 243 g/mol. The lowest BCUT2D eigenvalue weighted by atomic mass is 10.2. The van der Waals surface area contributed by atoms with E-state index in [9.17, 15) is 14.4 Å². The number of hydrogen-bond donors (Lipinski definition) is 4. The van der Waals surface area contributed by atoms with E-state index in [-0.39, 0.29) is 6.54 Å². The first-order chi connectivity index (χ1) is 7.99. The van der Waals surface area contributed by atoms with Gasteiger partial charge in [-0.1, -0.05) is 0 Å². The second-order valence-electron chi connectivity index (χ2n) is 4.20. The van der Waals surface area contributed by atoms with Crippen LogP contribution in [0.25, 0.3) is 0 Å². The van der Waals surface area contributed by atoms with Gasteiger partial charge >= 0.3 is 5.97 Å². The van der Waals surface area contributed by atoms with Crippen molar-refractivity contribution in [1.29, 1.82) is 0 Å². The van der Waals surface area contributed by atoms with E-state index in [0.717, 1.165) is 6.54 Å². The van der Waals surface area contributed by atoms with Crippen molar-refractivity contribution < 1.29 is 19.5 Å². The van der Waals surface area contributed by atoms with Crippen LogP contribution in [0.15, 0.2) is 0 Å². The zero-order valence-electron chi connectivity index (χ0n) is 9.44. The van der Waals surface area contributed by atoms with Crippen LogP contribution in [0.2, 0.25) is 0 Å². The zero-order chi connectivity index (χ0) is 12.8. The van der Waals surface area contributed by atoms with Crippen molar-refractivity contribution in [3.63, 3.8) is 0 Å². The number of carboxylic acid groups (broad SMARTS) is 1. The van der Waals surface area contributed by atoms with Crippen molar-refractivity contribution in [2.45, 2.75) is 25.3 Å². The number of primary amides is 1. The Morgan fingerprint density at radius 1 is 1.35 bits per heavy atom. The summed E-state index contributed by atoms with van der Waals surface area (Å²) in [5, 5.41) is 13.9. The van der Waals surface area contributed by atoms with Gasteiger partial charge in [0.05, 0.1) is 13.0 Å². The van der Waals surface area contributed by atoms with Crippen molar-refractivity contribution >= 4 is 17.8 Å². The summed E-state index contributed by atoms with van der Waals surface area (Å²) in [6, 6.07) is -1.25. The second kappa shape index (κ2) is 6.19. The van der Waals surface area contributed by atoms with E-state index >= 15 is 0 Å². The van der Waals surface area contributed by atoms with Crippen molar-refractivity contribution in [2.24, 2.45) is 11.7 Å². The molecule has 0 aromatic rings. The maximum atomic E-state index is 11.4. The first kappa shape index (κ1) is 13.4. The normalized spacial score (nSPS) is 16.2. The van der Waals surface area contributed by atoms with E-state index in [4.69, 9.17) is 10.8 Å². The van der Waals surface area contributed by atoms with E-state index < -0.39 is 30.2 Å². The highest BCUT2D eigenvalue weighted by atomic mass is 16.4. The molecular formula is C10H17N3O4. The Balaban J connectivity index is 2.24. The molecule has 0 saturated heterocycles. The Hall–Kier alpha value is -1.63. The Bertz CT molecular complexity index is 315. The number of rotatable bonds is 8. The van der Waals surface area contributed by atoms with Gasteiger partial charge in [0, 0.05) is 0 Å². The fourth-order valence-electron chi connectivity index (χ4n) is 1.36. The molecular weight excluding hydrogens is 226 g/mol. The molecule has 0 aromatic carbocycles. The van der Waals surface area contributed by atoms with E-state index in [1.807, 2.05) is 0 Å². The Morgan fingerprint density at radius 3 is 2.47 bits per heavy atom. The number of carbonyl (C=O) groups is 3. The molecule has 1 saturated carbocycles. The number of carboxylic acids is 1. The molecule has 0 aromatic heterocycles. The van der Waals surface area contributed by atoms with Gasteiger partial charge in [0.1, 0.15) is 6.04 Å². The molecule has 17 heavy (non-hydrogen) atoms. The first-order valence-corrected chi connectivity index (χ1v) is 5.50. The lowest BCUT2D eigenvalue weighted by Gasteiger charge is -2.12. The van der Waals surface area contributed by atoms with Crippen LogP contribution < -0.4 is 16.4 Å². The fourth-order valence-corrected chi connectivity index (χ4v) is 1.36. The monoisotopic (exact) mass is 243 g/mol. The molecule has 1 aliphatic rings. The highest BCUT2D eigenvalue weighted by Crippen LogP contribution is 2.27. The summed E-state index contributed by atoms with van der Waals surface area (Å²) >= 11 is 0. The van der Waals surface area contributed by atoms with Crippen molar-refractivity contribution in [1.82, 2.24) is 10.6 Å². The molecule has 0 spiro atoms. The average Bonchev–Trinajstić information content (AvgIpc) is 2.99. The predicted octanol–water partition coefficient (Wildman–Crippen LogP) is -1.57. The fraction of sp³-hybridized carbons (Fsp3) is 0.700. The van der Waals surface area contributed by atoms with E-state index in [1.165, 1.54) is 12.8 Å². The standard InChI is InChI=1S/C10H17N3O4/c11-8(14)3-7(10(16)17)13-9(15)5-12-4-6-1-2-6/h6-7,12H,1-5H2,(H2,11,14)(H,13,15)(H,16,17). The van der Waals surface area contributed by atoms with Crippen LogP contribution in [0.4, 0.5) is 0 Å². The number of nitrogens with one attached hydrogen (secondary N) is 2. The summed E-state index contributed by atoms with van der Waals surface area (Å²) in [7, 11) is 0. The molecule has 96 valence electrons. The van der Waals surface area contributed by atoms with Gasteiger partial charge in [0.25, 0.3) is 0 Å². The molecule has 0 radical (unpaired) electrons. The van der Waals surface area contributed by atoms with Gasteiger partial charge in [-0.3, -0.25) is 9.59 Å². The van der Waals surface area contributed by atoms with Gasteiger partial charge in [0.15, 0.2) is 0 Å². The molecule has 1 rings (SSSR count). The van der Waals surface area contributed by atoms with Crippen LogP contribution in [-0.2, 0) is 14.4 Å². The van der Waals surface area contributed by atoms with Crippen LogP contribution in [0.3, 0.4) is 0 Å². The molecule has 1 aliphatic carbocycles. The third-order valence-corrected chi connectivity index (χ3v) is 2.45. The molecule has 1 unspecified atom stereocenters. The Kier molecular flexibility index (Phi) is 4.89. The Labute approximate surface area is 98.7 Å². The molecule has 1 fully saturated rings. The SMILES string of the molecule is NC(=O)CC(NC(=O)CNCC1CC1)C(=O)O. The van der Waals surface area contributed by atoms with Gasteiger partial charge in [-0.25, -0.2) is 4.79 Å². The largest absolute Gasteiger partial charge is 0.480 e. The van der Waals surface area contributed by atoms with Crippen LogP contribution in [0.1, 0.15) is 19.3 Å². The number of nitrogens with two attached hydrogens (primary N) is 1. The smallest absolute Gasteiger partial charge is 0.326 e. The van der Waals surface area contributed by atoms with Gasteiger partial charge in [-0.15, -0.1) is 0 Å². The third-order valence-electron chi connectivity index (χ3n) is 2.45. The highest BCUT2D eigenvalue weighted by Gasteiger charge is 2.23. The molecule has 1 atom stereocenters. The minimum absolute atomic E-state index is 0.0546. The molecule has 0 heterocycles. The summed E-state index contributed by atoms with van der Waals surface area (Å²) in [6.07, 6.45) is 1.95. The van der Waals surface area contributed by atoms with Gasteiger partial charge < -0.3 is 21.5 Å². The Morgan fingerprint density at radius 2 is 2.00 bits per heavy atom.